The molecule has 2 N–H and O–H groups in total. The average Bonchev–Trinajstić information content (AvgIpc) is 2.64. The maximum Gasteiger partial charge on any atom is 0.269 e. The first-order chi connectivity index (χ1) is 12.9. The van der Waals surface area contributed by atoms with E-state index in [0.29, 0.717) is 39.3 Å². The fourth-order valence-electron chi connectivity index (χ4n) is 2.18. The number of benzene rings is 2. The molecule has 0 spiro atoms. The van der Waals surface area contributed by atoms with Crippen molar-refractivity contribution in [3.8, 4) is 11.5 Å². The summed E-state index contributed by atoms with van der Waals surface area (Å²) in [5.74, 6) is -0.101. The Morgan fingerprint density at radius 3 is 2.59 bits per heavy atom. The highest BCUT2D eigenvalue weighted by molar-refractivity contribution is 6.32. The van der Waals surface area contributed by atoms with E-state index in [1.54, 1.807) is 30.3 Å². The summed E-state index contributed by atoms with van der Waals surface area (Å²) in [6.45, 7) is 2.28. The van der Waals surface area contributed by atoms with E-state index in [1.165, 1.54) is 25.3 Å². The quantitative estimate of drug-likeness (QED) is 0.561. The molecule has 6 nitrogen and oxygen atoms in total. The zero-order chi connectivity index (χ0) is 19.8. The number of ether oxygens (including phenoxy) is 2. The molecule has 0 aromatic heterocycles. The summed E-state index contributed by atoms with van der Waals surface area (Å²) in [5.41, 5.74) is 5.56. The van der Waals surface area contributed by atoms with Crippen LogP contribution in [-0.4, -0.2) is 25.5 Å². The predicted molar refractivity (Wildman–Crippen MR) is 105 cm³/mol. The van der Waals surface area contributed by atoms with E-state index in [4.69, 9.17) is 32.7 Å². The number of hydrogen-bond donors (Lipinski definition) is 2. The molecule has 0 radical (unpaired) electrons. The number of rotatable bonds is 6. The van der Waals surface area contributed by atoms with Gasteiger partial charge in [-0.2, -0.15) is 0 Å². The summed E-state index contributed by atoms with van der Waals surface area (Å²) < 4.78 is 10.7. The van der Waals surface area contributed by atoms with Gasteiger partial charge in [-0.05, 0) is 48.9 Å². The number of methoxy groups -OCH3 is 1. The number of amides is 2. The molecule has 0 saturated carbocycles. The predicted octanol–water partition coefficient (Wildman–Crippen LogP) is 3.88. The zero-order valence-corrected chi connectivity index (χ0v) is 16.2. The Hall–Kier alpha value is -2.70. The maximum atomic E-state index is 12.0. The molecule has 27 heavy (non-hydrogen) atoms. The van der Waals surface area contributed by atoms with Crippen LogP contribution in [0.25, 0.3) is 6.08 Å². The van der Waals surface area contributed by atoms with Crippen LogP contribution < -0.4 is 20.3 Å². The topological polar surface area (TPSA) is 76.7 Å². The minimum Gasteiger partial charge on any atom is -0.491 e. The van der Waals surface area contributed by atoms with Crippen molar-refractivity contribution in [1.29, 1.82) is 0 Å². The van der Waals surface area contributed by atoms with Gasteiger partial charge in [-0.3, -0.25) is 20.4 Å². The molecule has 0 unspecified atom stereocenters. The van der Waals surface area contributed by atoms with Crippen LogP contribution in [0.15, 0.2) is 42.5 Å². The van der Waals surface area contributed by atoms with Crippen LogP contribution in [0.1, 0.15) is 22.8 Å². The first-order valence-electron chi connectivity index (χ1n) is 7.99. The third-order valence-electron chi connectivity index (χ3n) is 3.35. The van der Waals surface area contributed by atoms with E-state index in [1.807, 2.05) is 6.92 Å². The van der Waals surface area contributed by atoms with E-state index >= 15 is 0 Å². The highest BCUT2D eigenvalue weighted by Gasteiger charge is 2.11. The van der Waals surface area contributed by atoms with Gasteiger partial charge >= 0.3 is 0 Å². The van der Waals surface area contributed by atoms with Crippen LogP contribution in [0.2, 0.25) is 10.0 Å². The Balaban J connectivity index is 2.01. The monoisotopic (exact) mass is 408 g/mol. The smallest absolute Gasteiger partial charge is 0.269 e. The van der Waals surface area contributed by atoms with Crippen molar-refractivity contribution in [2.45, 2.75) is 6.92 Å². The van der Waals surface area contributed by atoms with Gasteiger partial charge in [0.2, 0.25) is 0 Å². The van der Waals surface area contributed by atoms with Gasteiger partial charge in [0, 0.05) is 16.7 Å². The van der Waals surface area contributed by atoms with Crippen LogP contribution >= 0.6 is 23.2 Å². The summed E-state index contributed by atoms with van der Waals surface area (Å²) in [6, 6.07) is 9.70. The Bertz CT molecular complexity index is 869. The molecule has 2 rings (SSSR count). The molecular weight excluding hydrogens is 391 g/mol. The van der Waals surface area contributed by atoms with Crippen molar-refractivity contribution in [1.82, 2.24) is 10.9 Å². The van der Waals surface area contributed by atoms with Crippen LogP contribution in [0, 0.1) is 0 Å². The maximum absolute atomic E-state index is 12.0. The molecule has 0 heterocycles. The van der Waals surface area contributed by atoms with Gasteiger partial charge in [-0.1, -0.05) is 29.3 Å². The summed E-state index contributed by atoms with van der Waals surface area (Å²) >= 11 is 12.0. The van der Waals surface area contributed by atoms with Gasteiger partial charge in [-0.25, -0.2) is 0 Å². The molecular formula is C19H18Cl2N2O4. The molecule has 0 aliphatic heterocycles. The lowest BCUT2D eigenvalue weighted by Crippen LogP contribution is -2.40. The van der Waals surface area contributed by atoms with E-state index in [2.05, 4.69) is 10.9 Å². The van der Waals surface area contributed by atoms with Crippen molar-refractivity contribution in [3.63, 3.8) is 0 Å². The molecule has 0 bridgehead atoms. The molecule has 142 valence electrons. The van der Waals surface area contributed by atoms with Crippen molar-refractivity contribution in [3.05, 3.63) is 63.6 Å². The molecule has 2 amide bonds. The van der Waals surface area contributed by atoms with E-state index in [-0.39, 0.29) is 0 Å². The minimum atomic E-state index is -0.518. The Morgan fingerprint density at radius 2 is 1.93 bits per heavy atom. The fraction of sp³-hybridized carbons (Fsp3) is 0.158. The lowest BCUT2D eigenvalue weighted by molar-refractivity contribution is -0.117. The summed E-state index contributed by atoms with van der Waals surface area (Å²) in [5, 5.41) is 0.785. The standard InChI is InChI=1S/C19H18Cl2N2O4/c1-3-27-16-10-12(9-15(21)18(16)26-2)7-8-17(24)22-23-19(25)13-5-4-6-14(20)11-13/h4-11H,3H2,1-2H3,(H,22,24)(H,23,25)/b8-7+. The van der Waals surface area contributed by atoms with Crippen molar-refractivity contribution in [2.75, 3.05) is 13.7 Å². The van der Waals surface area contributed by atoms with Crippen LogP contribution in [0.5, 0.6) is 11.5 Å². The first-order valence-corrected chi connectivity index (χ1v) is 8.74. The molecule has 8 heteroatoms. The van der Waals surface area contributed by atoms with Gasteiger partial charge < -0.3 is 9.47 Å². The SMILES string of the molecule is CCOc1cc(/C=C/C(=O)NNC(=O)c2cccc(Cl)c2)cc(Cl)c1OC. The van der Waals surface area contributed by atoms with Gasteiger partial charge in [0.25, 0.3) is 11.8 Å². The van der Waals surface area contributed by atoms with Crippen molar-refractivity contribution >= 4 is 41.1 Å². The van der Waals surface area contributed by atoms with Crippen molar-refractivity contribution in [2.24, 2.45) is 0 Å². The molecule has 0 aliphatic rings. The fourth-order valence-corrected chi connectivity index (χ4v) is 2.67. The molecule has 0 atom stereocenters. The number of carbonyl (C=O) groups excluding carboxylic acids is 2. The number of hydrogen-bond acceptors (Lipinski definition) is 4. The molecule has 0 saturated heterocycles. The highest BCUT2D eigenvalue weighted by atomic mass is 35.5. The molecule has 0 fully saturated rings. The van der Waals surface area contributed by atoms with E-state index in [9.17, 15) is 9.59 Å². The summed E-state index contributed by atoms with van der Waals surface area (Å²) in [4.78, 5) is 23.9. The van der Waals surface area contributed by atoms with Crippen LogP contribution in [-0.2, 0) is 4.79 Å². The average molecular weight is 409 g/mol. The largest absolute Gasteiger partial charge is 0.491 e. The van der Waals surface area contributed by atoms with Crippen LogP contribution in [0.3, 0.4) is 0 Å². The van der Waals surface area contributed by atoms with E-state index < -0.39 is 11.8 Å². The Morgan fingerprint density at radius 1 is 1.15 bits per heavy atom. The highest BCUT2D eigenvalue weighted by Crippen LogP contribution is 2.36. The zero-order valence-electron chi connectivity index (χ0n) is 14.7. The van der Waals surface area contributed by atoms with Gasteiger partial charge in [-0.15, -0.1) is 0 Å². The second kappa shape index (κ2) is 9.85. The minimum absolute atomic E-state index is 0.329. The summed E-state index contributed by atoms with van der Waals surface area (Å²) in [7, 11) is 1.50. The molecule has 2 aromatic rings. The van der Waals surface area contributed by atoms with Gasteiger partial charge in [0.15, 0.2) is 11.5 Å². The number of halogens is 2. The number of nitrogens with one attached hydrogen (secondary N) is 2. The van der Waals surface area contributed by atoms with E-state index in [0.717, 1.165) is 0 Å². The third kappa shape index (κ3) is 5.91. The number of carbonyl (C=O) groups is 2. The third-order valence-corrected chi connectivity index (χ3v) is 3.86. The van der Waals surface area contributed by atoms with Gasteiger partial charge in [0.05, 0.1) is 18.7 Å². The normalized spacial score (nSPS) is 10.5. The molecule has 2 aromatic carbocycles. The second-order valence-electron chi connectivity index (χ2n) is 5.25. The lowest BCUT2D eigenvalue weighted by Gasteiger charge is -2.11. The number of hydrazine groups is 1. The van der Waals surface area contributed by atoms with Gasteiger partial charge in [0.1, 0.15) is 0 Å². The summed E-state index contributed by atoms with van der Waals surface area (Å²) in [6.07, 6.45) is 2.79. The molecule has 0 aliphatic carbocycles. The van der Waals surface area contributed by atoms with Crippen LogP contribution in [0.4, 0.5) is 0 Å². The Kier molecular flexibility index (Phi) is 7.52. The Labute approximate surface area is 167 Å². The van der Waals surface area contributed by atoms with Crippen molar-refractivity contribution < 1.29 is 19.1 Å². The lowest BCUT2D eigenvalue weighted by atomic mass is 10.2. The first kappa shape index (κ1) is 20.6. The second-order valence-corrected chi connectivity index (χ2v) is 6.10.